The fourth-order valence-corrected chi connectivity index (χ4v) is 4.78. The third-order valence-corrected chi connectivity index (χ3v) is 6.50. The number of carbonyl (C=O) groups excluding carboxylic acids is 2. The Labute approximate surface area is 198 Å². The first-order valence-electron chi connectivity index (χ1n) is 11.5. The van der Waals surface area contributed by atoms with Gasteiger partial charge in [-0.05, 0) is 37.0 Å². The Balaban J connectivity index is 1.49. The summed E-state index contributed by atoms with van der Waals surface area (Å²) in [6.45, 7) is 5.19. The van der Waals surface area contributed by atoms with Crippen LogP contribution in [-0.4, -0.2) is 51.2 Å². The Hall–Kier alpha value is -3.94. The monoisotopic (exact) mass is 457 g/mol. The topological polar surface area (TPSA) is 80.6 Å². The van der Waals surface area contributed by atoms with Gasteiger partial charge >= 0.3 is 5.97 Å². The summed E-state index contributed by atoms with van der Waals surface area (Å²) < 4.78 is 7.13. The highest BCUT2D eigenvalue weighted by atomic mass is 16.5. The molecule has 1 atom stereocenters. The first-order valence-corrected chi connectivity index (χ1v) is 11.5. The molecular formula is C26H27N5O3. The van der Waals surface area contributed by atoms with Crippen molar-refractivity contribution in [3.05, 3.63) is 88.9 Å². The van der Waals surface area contributed by atoms with E-state index < -0.39 is 12.0 Å². The minimum atomic E-state index is -0.481. The first-order chi connectivity index (χ1) is 16.6. The molecule has 8 heteroatoms. The van der Waals surface area contributed by atoms with E-state index in [1.165, 1.54) is 17.5 Å². The van der Waals surface area contributed by atoms with Crippen molar-refractivity contribution < 1.29 is 14.3 Å². The average Bonchev–Trinajstić information content (AvgIpc) is 3.35. The van der Waals surface area contributed by atoms with Crippen LogP contribution in [-0.2, 0) is 27.3 Å². The third-order valence-electron chi connectivity index (χ3n) is 6.50. The number of allylic oxidation sites excluding steroid dienone is 1. The number of rotatable bonds is 5. The van der Waals surface area contributed by atoms with Crippen LogP contribution in [0.2, 0.25) is 0 Å². The molecule has 0 spiro atoms. The van der Waals surface area contributed by atoms with Gasteiger partial charge in [-0.25, -0.2) is 9.48 Å². The molecular weight excluding hydrogens is 430 g/mol. The Bertz CT molecular complexity index is 1250. The predicted molar refractivity (Wildman–Crippen MR) is 127 cm³/mol. The fraction of sp³-hybridized carbons (Fsp3) is 0.308. The second kappa shape index (κ2) is 9.13. The molecule has 0 bridgehead atoms. The van der Waals surface area contributed by atoms with Crippen LogP contribution >= 0.6 is 0 Å². The molecule has 5 rings (SSSR count). The van der Waals surface area contributed by atoms with Crippen LogP contribution in [0.4, 0.5) is 5.95 Å². The molecule has 3 heterocycles. The lowest BCUT2D eigenvalue weighted by molar-refractivity contribution is -0.139. The summed E-state index contributed by atoms with van der Waals surface area (Å²) in [5.74, 6) is 0.0919. The lowest BCUT2D eigenvalue weighted by atomic mass is 9.95. The highest BCUT2D eigenvalue weighted by Crippen LogP contribution is 2.38. The summed E-state index contributed by atoms with van der Waals surface area (Å²) in [5.41, 5.74) is 4.47. The zero-order valence-corrected chi connectivity index (χ0v) is 19.3. The van der Waals surface area contributed by atoms with Crippen molar-refractivity contribution in [2.45, 2.75) is 32.9 Å². The maximum absolute atomic E-state index is 13.4. The number of ether oxygens (including phenoxy) is 1. The number of hydrogen-bond acceptors (Lipinski definition) is 6. The van der Waals surface area contributed by atoms with Crippen molar-refractivity contribution in [3.8, 4) is 0 Å². The molecule has 0 saturated carbocycles. The molecule has 1 amide bonds. The van der Waals surface area contributed by atoms with Crippen molar-refractivity contribution in [2.75, 3.05) is 24.6 Å². The molecule has 8 nitrogen and oxygen atoms in total. The standard InChI is InChI=1S/C26H27N5O3/c1-3-34-25(33)23-18(2)30(16-22(32)29-14-13-19-9-7-8-12-21(19)15-29)26-27-17-28-31(26)24(23)20-10-5-4-6-11-20/h4-12,17,24H,3,13-16H2,1-2H3. The Morgan fingerprint density at radius 3 is 2.56 bits per heavy atom. The number of esters is 1. The average molecular weight is 458 g/mol. The van der Waals surface area contributed by atoms with Gasteiger partial charge in [0.1, 0.15) is 18.9 Å². The molecule has 1 unspecified atom stereocenters. The summed E-state index contributed by atoms with van der Waals surface area (Å²) in [4.78, 5) is 34.6. The van der Waals surface area contributed by atoms with Gasteiger partial charge in [-0.3, -0.25) is 4.79 Å². The summed E-state index contributed by atoms with van der Waals surface area (Å²) in [6, 6.07) is 17.4. The highest BCUT2D eigenvalue weighted by molar-refractivity contribution is 5.93. The highest BCUT2D eigenvalue weighted by Gasteiger charge is 2.39. The van der Waals surface area contributed by atoms with Gasteiger partial charge in [0.25, 0.3) is 0 Å². The van der Waals surface area contributed by atoms with Gasteiger partial charge < -0.3 is 14.5 Å². The van der Waals surface area contributed by atoms with Gasteiger partial charge in [-0.15, -0.1) is 0 Å². The summed E-state index contributed by atoms with van der Waals surface area (Å²) in [6.07, 6.45) is 2.29. The zero-order valence-electron chi connectivity index (χ0n) is 19.3. The largest absolute Gasteiger partial charge is 0.463 e. The quantitative estimate of drug-likeness (QED) is 0.548. The van der Waals surface area contributed by atoms with Crippen molar-refractivity contribution in [3.63, 3.8) is 0 Å². The molecule has 0 N–H and O–H groups in total. The van der Waals surface area contributed by atoms with E-state index in [0.717, 1.165) is 12.0 Å². The molecule has 174 valence electrons. The first kappa shape index (κ1) is 21.9. The van der Waals surface area contributed by atoms with E-state index in [4.69, 9.17) is 4.74 Å². The number of anilines is 1. The number of fused-ring (bicyclic) bond motifs is 2. The summed E-state index contributed by atoms with van der Waals surface area (Å²) in [7, 11) is 0. The molecule has 0 saturated heterocycles. The van der Waals surface area contributed by atoms with Gasteiger partial charge in [-0.2, -0.15) is 10.1 Å². The van der Waals surface area contributed by atoms with E-state index in [2.05, 4.69) is 22.2 Å². The van der Waals surface area contributed by atoms with Gasteiger partial charge in [0.15, 0.2) is 0 Å². The maximum Gasteiger partial charge on any atom is 0.338 e. The summed E-state index contributed by atoms with van der Waals surface area (Å²) in [5, 5.41) is 4.44. The smallest absolute Gasteiger partial charge is 0.338 e. The van der Waals surface area contributed by atoms with Gasteiger partial charge in [0.05, 0.1) is 12.2 Å². The van der Waals surface area contributed by atoms with Crippen LogP contribution in [0.3, 0.4) is 0 Å². The van der Waals surface area contributed by atoms with Crippen LogP contribution in [0.15, 0.2) is 72.2 Å². The minimum absolute atomic E-state index is 0.0234. The molecule has 1 aromatic heterocycles. The maximum atomic E-state index is 13.4. The lowest BCUT2D eigenvalue weighted by Gasteiger charge is -2.36. The minimum Gasteiger partial charge on any atom is -0.463 e. The van der Waals surface area contributed by atoms with E-state index >= 15 is 0 Å². The number of nitrogens with zero attached hydrogens (tertiary/aromatic N) is 5. The molecule has 2 aromatic carbocycles. The molecule has 0 radical (unpaired) electrons. The number of carbonyl (C=O) groups is 2. The van der Waals surface area contributed by atoms with Crippen molar-refractivity contribution in [1.29, 1.82) is 0 Å². The second-order valence-corrected chi connectivity index (χ2v) is 8.46. The fourth-order valence-electron chi connectivity index (χ4n) is 4.78. The van der Waals surface area contributed by atoms with E-state index in [9.17, 15) is 9.59 Å². The zero-order chi connectivity index (χ0) is 23.7. The van der Waals surface area contributed by atoms with Crippen LogP contribution in [0.25, 0.3) is 0 Å². The molecule has 2 aliphatic rings. The molecule has 3 aromatic rings. The predicted octanol–water partition coefficient (Wildman–Crippen LogP) is 3.11. The Morgan fingerprint density at radius 1 is 1.06 bits per heavy atom. The molecule has 2 aliphatic heterocycles. The van der Waals surface area contributed by atoms with Crippen LogP contribution in [0, 0.1) is 0 Å². The van der Waals surface area contributed by atoms with E-state index in [-0.39, 0.29) is 19.1 Å². The number of benzene rings is 2. The Morgan fingerprint density at radius 2 is 1.79 bits per heavy atom. The lowest BCUT2D eigenvalue weighted by Crippen LogP contribution is -2.45. The van der Waals surface area contributed by atoms with Gasteiger partial charge in [-0.1, -0.05) is 54.6 Å². The van der Waals surface area contributed by atoms with Crippen LogP contribution in [0.1, 0.15) is 36.6 Å². The SMILES string of the molecule is CCOC(=O)C1=C(C)N(CC(=O)N2CCc3ccccc3C2)c2ncnn2C1c1ccccc1. The summed E-state index contributed by atoms with van der Waals surface area (Å²) >= 11 is 0. The van der Waals surface area contributed by atoms with Crippen LogP contribution in [0.5, 0.6) is 0 Å². The third kappa shape index (κ3) is 3.85. The number of hydrogen-bond donors (Lipinski definition) is 0. The molecule has 34 heavy (non-hydrogen) atoms. The molecule has 0 fully saturated rings. The number of amides is 1. The van der Waals surface area contributed by atoms with Crippen molar-refractivity contribution >= 4 is 17.8 Å². The van der Waals surface area contributed by atoms with Crippen LogP contribution < -0.4 is 4.90 Å². The normalized spacial score (nSPS) is 17.3. The Kier molecular flexibility index (Phi) is 5.88. The number of aromatic nitrogens is 3. The van der Waals surface area contributed by atoms with E-state index in [1.807, 2.05) is 54.3 Å². The van der Waals surface area contributed by atoms with E-state index in [0.29, 0.717) is 30.3 Å². The van der Waals surface area contributed by atoms with Gasteiger partial charge in [0, 0.05) is 18.8 Å². The van der Waals surface area contributed by atoms with Gasteiger partial charge in [0.2, 0.25) is 11.9 Å². The van der Waals surface area contributed by atoms with Crippen molar-refractivity contribution in [2.24, 2.45) is 0 Å². The second-order valence-electron chi connectivity index (χ2n) is 8.46. The van der Waals surface area contributed by atoms with Crippen molar-refractivity contribution in [1.82, 2.24) is 19.7 Å². The van der Waals surface area contributed by atoms with E-state index in [1.54, 1.807) is 16.5 Å². The molecule has 0 aliphatic carbocycles.